The Labute approximate surface area is 121 Å². The second-order valence-electron chi connectivity index (χ2n) is 4.44. The van der Waals surface area contributed by atoms with E-state index in [4.69, 9.17) is 0 Å². The first-order chi connectivity index (χ1) is 8.90. The fraction of sp³-hybridized carbons (Fsp3) is 0.286. The fourth-order valence-corrected chi connectivity index (χ4v) is 1.79. The SMILES string of the molecule is CC(C)=CC(=O)N(C)CC(=O)Nc1ccccc1Br. The van der Waals surface area contributed by atoms with E-state index in [1.165, 1.54) is 11.0 Å². The molecular weight excluding hydrogens is 308 g/mol. The number of carbonyl (C=O) groups is 2. The van der Waals surface area contributed by atoms with Gasteiger partial charge in [-0.05, 0) is 41.9 Å². The molecule has 102 valence electrons. The lowest BCUT2D eigenvalue weighted by molar-refractivity contribution is -0.129. The van der Waals surface area contributed by atoms with Crippen molar-refractivity contribution >= 4 is 33.4 Å². The largest absolute Gasteiger partial charge is 0.333 e. The number of amides is 2. The molecule has 0 aliphatic heterocycles. The first kappa shape index (κ1) is 15.4. The average molecular weight is 325 g/mol. The van der Waals surface area contributed by atoms with Crippen molar-refractivity contribution < 1.29 is 9.59 Å². The Morgan fingerprint density at radius 2 is 1.95 bits per heavy atom. The lowest BCUT2D eigenvalue weighted by atomic mass is 10.3. The van der Waals surface area contributed by atoms with Crippen molar-refractivity contribution in [3.63, 3.8) is 0 Å². The number of nitrogens with one attached hydrogen (secondary N) is 1. The van der Waals surface area contributed by atoms with Crippen LogP contribution in [0.5, 0.6) is 0 Å². The van der Waals surface area contributed by atoms with Crippen molar-refractivity contribution in [2.45, 2.75) is 13.8 Å². The number of hydrogen-bond donors (Lipinski definition) is 1. The van der Waals surface area contributed by atoms with Crippen LogP contribution < -0.4 is 5.32 Å². The Morgan fingerprint density at radius 1 is 1.32 bits per heavy atom. The van der Waals surface area contributed by atoms with Gasteiger partial charge in [0.25, 0.3) is 0 Å². The number of benzene rings is 1. The smallest absolute Gasteiger partial charge is 0.246 e. The molecule has 0 aromatic heterocycles. The molecule has 0 saturated carbocycles. The summed E-state index contributed by atoms with van der Waals surface area (Å²) in [5.74, 6) is -0.410. The molecule has 5 heteroatoms. The Hall–Kier alpha value is -1.62. The van der Waals surface area contributed by atoms with Crippen LogP contribution in [0.3, 0.4) is 0 Å². The summed E-state index contributed by atoms with van der Waals surface area (Å²) in [7, 11) is 1.60. The summed E-state index contributed by atoms with van der Waals surface area (Å²) in [6.45, 7) is 3.70. The quantitative estimate of drug-likeness (QED) is 0.866. The maximum absolute atomic E-state index is 11.8. The van der Waals surface area contributed by atoms with Crippen LogP contribution in [0.4, 0.5) is 5.69 Å². The van der Waals surface area contributed by atoms with E-state index in [1.54, 1.807) is 13.1 Å². The second kappa shape index (κ2) is 7.09. The van der Waals surface area contributed by atoms with E-state index in [0.717, 1.165) is 10.0 Å². The second-order valence-corrected chi connectivity index (χ2v) is 5.30. The van der Waals surface area contributed by atoms with E-state index in [-0.39, 0.29) is 18.4 Å². The maximum Gasteiger partial charge on any atom is 0.246 e. The van der Waals surface area contributed by atoms with Crippen molar-refractivity contribution in [1.82, 2.24) is 4.90 Å². The van der Waals surface area contributed by atoms with Gasteiger partial charge in [-0.2, -0.15) is 0 Å². The highest BCUT2D eigenvalue weighted by molar-refractivity contribution is 9.10. The van der Waals surface area contributed by atoms with Gasteiger partial charge in [0.15, 0.2) is 0 Å². The van der Waals surface area contributed by atoms with Crippen LogP contribution in [-0.4, -0.2) is 30.3 Å². The van der Waals surface area contributed by atoms with Crippen molar-refractivity contribution in [3.8, 4) is 0 Å². The number of rotatable bonds is 4. The molecule has 0 fully saturated rings. The van der Waals surface area contributed by atoms with E-state index in [1.807, 2.05) is 32.0 Å². The van der Waals surface area contributed by atoms with Gasteiger partial charge in [-0.1, -0.05) is 17.7 Å². The van der Waals surface area contributed by atoms with Crippen LogP contribution in [0.25, 0.3) is 0 Å². The van der Waals surface area contributed by atoms with E-state index >= 15 is 0 Å². The maximum atomic E-state index is 11.8. The Balaban J connectivity index is 2.59. The molecule has 2 amide bonds. The summed E-state index contributed by atoms with van der Waals surface area (Å²) in [6, 6.07) is 7.33. The Bertz CT molecular complexity index is 508. The van der Waals surface area contributed by atoms with Crippen LogP contribution in [0.15, 0.2) is 40.4 Å². The van der Waals surface area contributed by atoms with Crippen molar-refractivity contribution in [2.24, 2.45) is 0 Å². The van der Waals surface area contributed by atoms with Gasteiger partial charge in [-0.25, -0.2) is 0 Å². The van der Waals surface area contributed by atoms with Gasteiger partial charge in [0.2, 0.25) is 11.8 Å². The number of anilines is 1. The van der Waals surface area contributed by atoms with E-state index in [0.29, 0.717) is 5.69 Å². The molecule has 0 heterocycles. The summed E-state index contributed by atoms with van der Waals surface area (Å²) >= 11 is 3.35. The lowest BCUT2D eigenvalue weighted by Crippen LogP contribution is -2.34. The van der Waals surface area contributed by atoms with Crippen molar-refractivity contribution in [1.29, 1.82) is 0 Å². The Morgan fingerprint density at radius 3 is 2.53 bits per heavy atom. The monoisotopic (exact) mass is 324 g/mol. The fourth-order valence-electron chi connectivity index (χ4n) is 1.40. The Kier molecular flexibility index (Phi) is 5.76. The number of allylic oxidation sites excluding steroid dienone is 1. The summed E-state index contributed by atoms with van der Waals surface area (Å²) in [5, 5.41) is 2.75. The van der Waals surface area contributed by atoms with Crippen LogP contribution in [0, 0.1) is 0 Å². The molecule has 0 atom stereocenters. The molecule has 0 saturated heterocycles. The van der Waals surface area contributed by atoms with E-state index in [2.05, 4.69) is 21.2 Å². The molecule has 0 unspecified atom stereocenters. The normalized spacial score (nSPS) is 9.68. The molecule has 0 radical (unpaired) electrons. The van der Waals surface area contributed by atoms with Crippen molar-refractivity contribution in [2.75, 3.05) is 18.9 Å². The third-order valence-electron chi connectivity index (χ3n) is 2.32. The molecule has 4 nitrogen and oxygen atoms in total. The van der Waals surface area contributed by atoms with Crippen molar-refractivity contribution in [3.05, 3.63) is 40.4 Å². The zero-order valence-electron chi connectivity index (χ0n) is 11.2. The number of nitrogens with zero attached hydrogens (tertiary/aromatic N) is 1. The molecule has 19 heavy (non-hydrogen) atoms. The van der Waals surface area contributed by atoms with E-state index < -0.39 is 0 Å². The number of halogens is 1. The minimum absolute atomic E-state index is 0.0178. The number of para-hydroxylation sites is 1. The van der Waals surface area contributed by atoms with Gasteiger partial charge in [-0.15, -0.1) is 0 Å². The molecule has 1 N–H and O–H groups in total. The molecule has 1 aromatic rings. The summed E-state index contributed by atoms with van der Waals surface area (Å²) in [5.41, 5.74) is 1.60. The van der Waals surface area contributed by atoms with Gasteiger partial charge in [0.05, 0.1) is 12.2 Å². The number of carbonyl (C=O) groups excluding carboxylic acids is 2. The standard InChI is InChI=1S/C14H17BrN2O2/c1-10(2)8-14(19)17(3)9-13(18)16-12-7-5-4-6-11(12)15/h4-8H,9H2,1-3H3,(H,16,18). The highest BCUT2D eigenvalue weighted by atomic mass is 79.9. The zero-order chi connectivity index (χ0) is 14.4. The van der Waals surface area contributed by atoms with Gasteiger partial charge in [-0.3, -0.25) is 9.59 Å². The molecule has 0 bridgehead atoms. The first-order valence-electron chi connectivity index (χ1n) is 5.84. The topological polar surface area (TPSA) is 49.4 Å². The minimum Gasteiger partial charge on any atom is -0.333 e. The average Bonchev–Trinajstić information content (AvgIpc) is 2.31. The number of hydrogen-bond acceptors (Lipinski definition) is 2. The van der Waals surface area contributed by atoms with Crippen LogP contribution >= 0.6 is 15.9 Å². The molecular formula is C14H17BrN2O2. The third kappa shape index (κ3) is 5.26. The van der Waals surface area contributed by atoms with Gasteiger partial charge >= 0.3 is 0 Å². The van der Waals surface area contributed by atoms with Gasteiger partial charge in [0.1, 0.15) is 0 Å². The predicted molar refractivity (Wildman–Crippen MR) is 79.8 cm³/mol. The highest BCUT2D eigenvalue weighted by Gasteiger charge is 2.11. The summed E-state index contributed by atoms with van der Waals surface area (Å²) in [6.07, 6.45) is 1.51. The first-order valence-corrected chi connectivity index (χ1v) is 6.64. The molecule has 0 aliphatic rings. The summed E-state index contributed by atoms with van der Waals surface area (Å²) < 4.78 is 0.807. The molecule has 0 spiro atoms. The minimum atomic E-state index is -0.232. The van der Waals surface area contributed by atoms with Crippen LogP contribution in [-0.2, 0) is 9.59 Å². The lowest BCUT2D eigenvalue weighted by Gasteiger charge is -2.15. The van der Waals surface area contributed by atoms with Crippen LogP contribution in [0.1, 0.15) is 13.8 Å². The predicted octanol–water partition coefficient (Wildman–Crippen LogP) is 2.81. The van der Waals surface area contributed by atoms with Gasteiger partial charge < -0.3 is 10.2 Å². The van der Waals surface area contributed by atoms with E-state index in [9.17, 15) is 9.59 Å². The molecule has 0 aliphatic carbocycles. The molecule has 1 aromatic carbocycles. The zero-order valence-corrected chi connectivity index (χ0v) is 12.8. The number of likely N-dealkylation sites (N-methyl/N-ethyl adjacent to an activating group) is 1. The third-order valence-corrected chi connectivity index (χ3v) is 3.01. The van der Waals surface area contributed by atoms with Gasteiger partial charge in [0, 0.05) is 17.6 Å². The summed E-state index contributed by atoms with van der Waals surface area (Å²) in [4.78, 5) is 24.9. The molecule has 1 rings (SSSR count). The highest BCUT2D eigenvalue weighted by Crippen LogP contribution is 2.20. The van der Waals surface area contributed by atoms with Crippen LogP contribution in [0.2, 0.25) is 0 Å².